The monoisotopic (exact) mass is 1370 g/mol. The Morgan fingerprint density at radius 1 is 0.500 bits per heavy atom. The van der Waals surface area contributed by atoms with Crippen LogP contribution in [0.1, 0.15) is 95.8 Å². The average Bonchev–Trinajstić information content (AvgIpc) is 1.61. The topological polar surface area (TPSA) is 281 Å². The Kier molecular flexibility index (Phi) is 21.6. The number of benzene rings is 6. The number of anilines is 3. The fourth-order valence-electron chi connectivity index (χ4n) is 10.3. The van der Waals surface area contributed by atoms with E-state index in [9.17, 15) is 69.5 Å². The van der Waals surface area contributed by atoms with E-state index in [0.717, 1.165) is 30.3 Å². The third-order valence-electron chi connectivity index (χ3n) is 15.1. The van der Waals surface area contributed by atoms with E-state index in [-0.39, 0.29) is 106 Å². The molecule has 0 bridgehead atoms. The van der Waals surface area contributed by atoms with Crippen molar-refractivity contribution in [3.05, 3.63) is 261 Å². The van der Waals surface area contributed by atoms with E-state index in [1.54, 1.807) is 141 Å². The summed E-state index contributed by atoms with van der Waals surface area (Å²) in [5.74, 6) is -8.00. The van der Waals surface area contributed by atoms with Crippen LogP contribution in [0.5, 0.6) is 11.5 Å². The molecule has 0 aliphatic rings. The number of ether oxygens (including phenoxy) is 5. The molecule has 0 saturated heterocycles. The number of pyridine rings is 2. The summed E-state index contributed by atoms with van der Waals surface area (Å²) in [6.07, 6.45) is -7.13. The van der Waals surface area contributed by atoms with Crippen molar-refractivity contribution in [3.63, 3.8) is 0 Å². The standard InChI is InChI=1S/C72H56F6N8O14/c1-42-61(57-24-9-11-30-85(57)62(42)64(89)46-25-27-54(81-41-100-72(76,77)78)52(35-46)68(93)98-38-44-15-5-3-6-16-44)84-67(92)49-20-14-22-51(34-49)97-40-59(88)80-37-58(87)79-29-32-96-50-21-13-19-48(33-50)66(91)83-60-43(2)63(86-31-12-10-23-56(60)86)65(90)47-26-28-55(82-70(95)71(73,74)75)53(36-47)69(94)99-39-45-17-7-4-8-18-45/h3-28,30-31,33-36,41H,29,32,37-40H2,1-2H3,(H,79,87)(H,80,88)(H,82,95)(H,83,91)(H,84,92)/b81-41-. The number of carbonyl (C=O) groups is 9. The molecule has 10 aromatic rings. The number of nitrogens with one attached hydrogen (secondary N) is 5. The van der Waals surface area contributed by atoms with Gasteiger partial charge in [0.1, 0.15) is 31.3 Å². The second-order valence-electron chi connectivity index (χ2n) is 21.9. The van der Waals surface area contributed by atoms with Gasteiger partial charge in [0.05, 0.1) is 69.4 Å². The van der Waals surface area contributed by atoms with Crippen molar-refractivity contribution in [2.24, 2.45) is 4.99 Å². The molecule has 0 unspecified atom stereocenters. The molecule has 0 saturated carbocycles. The van der Waals surface area contributed by atoms with Gasteiger partial charge in [-0.2, -0.15) is 13.2 Å². The van der Waals surface area contributed by atoms with Crippen LogP contribution < -0.4 is 36.1 Å². The highest BCUT2D eigenvalue weighted by molar-refractivity contribution is 6.17. The lowest BCUT2D eigenvalue weighted by molar-refractivity contribution is -0.280. The first-order valence-electron chi connectivity index (χ1n) is 30.2. The molecule has 5 amide bonds. The van der Waals surface area contributed by atoms with Gasteiger partial charge < -0.3 is 59.1 Å². The van der Waals surface area contributed by atoms with Crippen LogP contribution in [-0.4, -0.2) is 107 Å². The number of nitrogens with zero attached hydrogens (tertiary/aromatic N) is 3. The van der Waals surface area contributed by atoms with Gasteiger partial charge >= 0.3 is 30.4 Å². The van der Waals surface area contributed by atoms with Crippen LogP contribution in [0.25, 0.3) is 11.0 Å². The molecule has 0 aliphatic heterocycles. The lowest BCUT2D eigenvalue weighted by atomic mass is 10.0. The lowest BCUT2D eigenvalue weighted by Gasteiger charge is -2.14. The summed E-state index contributed by atoms with van der Waals surface area (Å²) >= 11 is 0. The Morgan fingerprint density at radius 2 is 1.00 bits per heavy atom. The second kappa shape index (κ2) is 30.9. The molecule has 22 nitrogen and oxygen atoms in total. The molecule has 4 heterocycles. The van der Waals surface area contributed by atoms with Crippen molar-refractivity contribution in [1.82, 2.24) is 19.4 Å². The fourth-order valence-corrected chi connectivity index (χ4v) is 10.3. The van der Waals surface area contributed by atoms with Gasteiger partial charge in [0.25, 0.3) is 17.7 Å². The Labute approximate surface area is 563 Å². The molecule has 0 radical (unpaired) electrons. The second-order valence-corrected chi connectivity index (χ2v) is 21.9. The number of hydrogen-bond acceptors (Lipinski definition) is 15. The molecule has 28 heteroatoms. The first kappa shape index (κ1) is 69.9. The normalized spacial score (nSPS) is 11.4. The van der Waals surface area contributed by atoms with Crippen LogP contribution in [-0.2, 0) is 41.8 Å². The zero-order valence-electron chi connectivity index (χ0n) is 52.6. The predicted molar refractivity (Wildman–Crippen MR) is 351 cm³/mol. The van der Waals surface area contributed by atoms with Crippen molar-refractivity contribution in [3.8, 4) is 11.5 Å². The van der Waals surface area contributed by atoms with Gasteiger partial charge in [-0.15, -0.1) is 13.2 Å². The number of ketones is 2. The number of amides is 5. The van der Waals surface area contributed by atoms with Crippen molar-refractivity contribution in [2.75, 3.05) is 42.3 Å². The van der Waals surface area contributed by atoms with Crippen molar-refractivity contribution < 1.29 is 93.2 Å². The van der Waals surface area contributed by atoms with Gasteiger partial charge in [0.2, 0.25) is 17.5 Å². The molecule has 0 aliphatic carbocycles. The maximum atomic E-state index is 14.4. The molecule has 0 fully saturated rings. The third kappa shape index (κ3) is 17.2. The Morgan fingerprint density at radius 3 is 1.53 bits per heavy atom. The zero-order valence-corrected chi connectivity index (χ0v) is 52.6. The maximum Gasteiger partial charge on any atom is 0.573 e. The predicted octanol–water partition coefficient (Wildman–Crippen LogP) is 11.9. The largest absolute Gasteiger partial charge is 0.573 e. The zero-order chi connectivity index (χ0) is 71.3. The number of halogens is 6. The van der Waals surface area contributed by atoms with Crippen LogP contribution in [0.3, 0.4) is 0 Å². The fraction of sp³-hybridized carbons (Fsp3) is 0.139. The minimum Gasteiger partial charge on any atom is -0.492 e. The molecule has 510 valence electrons. The first-order valence-corrected chi connectivity index (χ1v) is 30.2. The van der Waals surface area contributed by atoms with E-state index in [0.29, 0.717) is 27.7 Å². The Bertz CT molecular complexity index is 4840. The maximum absolute atomic E-state index is 14.4. The number of aliphatic imine (C=N–C) groups is 1. The highest BCUT2D eigenvalue weighted by Gasteiger charge is 2.40. The number of carbonyl (C=O) groups excluding carboxylic acids is 9. The van der Waals surface area contributed by atoms with E-state index in [4.69, 9.17) is 18.9 Å². The van der Waals surface area contributed by atoms with Crippen LogP contribution in [0.15, 0.2) is 199 Å². The number of esters is 2. The molecule has 6 aromatic carbocycles. The number of alkyl halides is 6. The molecule has 100 heavy (non-hydrogen) atoms. The average molecular weight is 1370 g/mol. The number of rotatable bonds is 26. The van der Waals surface area contributed by atoms with Crippen LogP contribution in [0.2, 0.25) is 0 Å². The molecule has 5 N–H and O–H groups in total. The Balaban J connectivity index is 0.711. The van der Waals surface area contributed by atoms with Gasteiger partial charge in [0.15, 0.2) is 13.0 Å². The minimum absolute atomic E-state index is 0.0275. The molecular weight excluding hydrogens is 1310 g/mol. The lowest BCUT2D eigenvalue weighted by Crippen LogP contribution is -2.40. The number of aromatic nitrogens is 2. The number of fused-ring (bicyclic) bond motifs is 2. The van der Waals surface area contributed by atoms with Gasteiger partial charge in [-0.3, -0.25) is 33.6 Å². The van der Waals surface area contributed by atoms with Crippen LogP contribution in [0.4, 0.5) is 49.1 Å². The van der Waals surface area contributed by atoms with E-state index in [1.165, 1.54) is 51.3 Å². The first-order chi connectivity index (χ1) is 47.9. The summed E-state index contributed by atoms with van der Waals surface area (Å²) < 4.78 is 107. The van der Waals surface area contributed by atoms with Gasteiger partial charge in [0, 0.05) is 45.8 Å². The van der Waals surface area contributed by atoms with Crippen LogP contribution >= 0.6 is 0 Å². The quantitative estimate of drug-likeness (QED) is 0.00842. The van der Waals surface area contributed by atoms with Crippen LogP contribution in [0, 0.1) is 13.8 Å². The van der Waals surface area contributed by atoms with Crippen molar-refractivity contribution in [1.29, 1.82) is 0 Å². The van der Waals surface area contributed by atoms with Gasteiger partial charge in [-0.05, 0) is 122 Å². The van der Waals surface area contributed by atoms with E-state index in [1.807, 2.05) is 0 Å². The Hall–Kier alpha value is -12.9. The summed E-state index contributed by atoms with van der Waals surface area (Å²) in [4.78, 5) is 125. The number of hydrogen-bond donors (Lipinski definition) is 5. The molecular formula is C72H56F6N8O14. The summed E-state index contributed by atoms with van der Waals surface area (Å²) in [6.45, 7) is 1.55. The van der Waals surface area contributed by atoms with Crippen molar-refractivity contribution >= 4 is 93.2 Å². The molecule has 4 aromatic heterocycles. The van der Waals surface area contributed by atoms with Crippen molar-refractivity contribution in [2.45, 2.75) is 39.6 Å². The third-order valence-corrected chi connectivity index (χ3v) is 15.1. The summed E-state index contributed by atoms with van der Waals surface area (Å²) in [5.41, 5.74) is 1.38. The smallest absolute Gasteiger partial charge is 0.492 e. The molecule has 0 spiro atoms. The SMILES string of the molecule is Cc1c(NC(=O)c2cccc(OCC(=O)NCC(=O)NCCOc3cccc(C(=O)Nc4c(C)c(C(=O)c5ccc(NC(=O)C(F)(F)F)c(C(=O)OCc6ccccc6)c5)n5ccccc45)c3)c2)c2ccccn2c1C(=O)c1ccc(/N=C\OC(F)(F)F)c(C(=O)OCc2ccccc2)c1. The van der Waals surface area contributed by atoms with Gasteiger partial charge in [-0.25, -0.2) is 14.6 Å². The van der Waals surface area contributed by atoms with E-state index >= 15 is 0 Å². The van der Waals surface area contributed by atoms with E-state index in [2.05, 4.69) is 31.0 Å². The highest BCUT2D eigenvalue weighted by atomic mass is 19.4. The summed E-state index contributed by atoms with van der Waals surface area (Å²) in [5, 5.41) is 12.4. The minimum atomic E-state index is -5.31. The van der Waals surface area contributed by atoms with E-state index < -0.39 is 90.0 Å². The summed E-state index contributed by atoms with van der Waals surface area (Å²) in [6, 6.07) is 45.5. The highest BCUT2D eigenvalue weighted by Crippen LogP contribution is 2.35. The molecule has 10 rings (SSSR count). The summed E-state index contributed by atoms with van der Waals surface area (Å²) in [7, 11) is 0. The molecule has 0 atom stereocenters. The van der Waals surface area contributed by atoms with Gasteiger partial charge in [-0.1, -0.05) is 84.9 Å².